The number of benzene rings is 1. The van der Waals surface area contributed by atoms with Crippen LogP contribution in [0.2, 0.25) is 0 Å². The Hall–Kier alpha value is -1.22. The molecule has 1 N–H and O–H groups in total. The zero-order chi connectivity index (χ0) is 13.4. The largest absolute Gasteiger partial charge is 0.504 e. The molecule has 0 radical (unpaired) electrons. The summed E-state index contributed by atoms with van der Waals surface area (Å²) in [6, 6.07) is 5.68. The third-order valence-corrected chi connectivity index (χ3v) is 3.08. The van der Waals surface area contributed by atoms with Crippen LogP contribution in [0.4, 0.5) is 0 Å². The van der Waals surface area contributed by atoms with Crippen LogP contribution in [0.5, 0.6) is 11.5 Å². The van der Waals surface area contributed by atoms with Gasteiger partial charge in [0.15, 0.2) is 11.5 Å². The monoisotopic (exact) mass is 251 g/mol. The number of hydrogen-bond donors (Lipinski definition) is 1. The van der Waals surface area contributed by atoms with Gasteiger partial charge in [-0.25, -0.2) is 0 Å². The highest BCUT2D eigenvalue weighted by molar-refractivity contribution is 5.45. The molecule has 1 aromatic rings. The van der Waals surface area contributed by atoms with E-state index in [1.807, 2.05) is 12.1 Å². The molecule has 0 bridgehead atoms. The fourth-order valence-corrected chi connectivity index (χ4v) is 2.18. The Morgan fingerprint density at radius 1 is 1.11 bits per heavy atom. The van der Waals surface area contributed by atoms with Gasteiger partial charge in [0, 0.05) is 6.54 Å². The molecule has 1 aromatic carbocycles. The van der Waals surface area contributed by atoms with E-state index in [2.05, 4.69) is 18.7 Å². The number of hydrogen-bond acceptors (Lipinski definition) is 3. The zero-order valence-corrected chi connectivity index (χ0v) is 11.8. The van der Waals surface area contributed by atoms with Crippen LogP contribution < -0.4 is 4.74 Å². The van der Waals surface area contributed by atoms with Gasteiger partial charge in [-0.1, -0.05) is 26.0 Å². The van der Waals surface area contributed by atoms with Crippen LogP contribution in [-0.2, 0) is 6.42 Å². The molecule has 0 aliphatic rings. The van der Waals surface area contributed by atoms with E-state index < -0.39 is 0 Å². The van der Waals surface area contributed by atoms with Gasteiger partial charge in [-0.05, 0) is 44.0 Å². The lowest BCUT2D eigenvalue weighted by atomic mass is 10.1. The lowest BCUT2D eigenvalue weighted by Gasteiger charge is -2.21. The van der Waals surface area contributed by atoms with Crippen LogP contribution in [0.1, 0.15) is 32.3 Å². The van der Waals surface area contributed by atoms with Crippen molar-refractivity contribution in [2.75, 3.05) is 26.7 Å². The fraction of sp³-hybridized carbons (Fsp3) is 0.600. The van der Waals surface area contributed by atoms with E-state index >= 15 is 0 Å². The summed E-state index contributed by atoms with van der Waals surface area (Å²) < 4.78 is 5.12. The van der Waals surface area contributed by atoms with Crippen molar-refractivity contribution in [1.82, 2.24) is 4.90 Å². The van der Waals surface area contributed by atoms with Crippen LogP contribution in [0.15, 0.2) is 18.2 Å². The molecule has 1 rings (SSSR count). The Bertz CT molecular complexity index is 346. The van der Waals surface area contributed by atoms with Gasteiger partial charge < -0.3 is 14.7 Å². The molecule has 3 nitrogen and oxygen atoms in total. The normalized spacial score (nSPS) is 10.9. The lowest BCUT2D eigenvalue weighted by molar-refractivity contribution is 0.276. The number of ether oxygens (including phenoxy) is 1. The van der Waals surface area contributed by atoms with Crippen molar-refractivity contribution in [1.29, 1.82) is 0 Å². The van der Waals surface area contributed by atoms with E-state index in [1.165, 1.54) is 12.8 Å². The van der Waals surface area contributed by atoms with Crippen molar-refractivity contribution in [3.63, 3.8) is 0 Å². The van der Waals surface area contributed by atoms with Gasteiger partial charge in [-0.2, -0.15) is 0 Å². The summed E-state index contributed by atoms with van der Waals surface area (Å²) in [5.41, 5.74) is 0.964. The summed E-state index contributed by atoms with van der Waals surface area (Å²) in [7, 11) is 1.58. The molecule has 0 saturated carbocycles. The van der Waals surface area contributed by atoms with E-state index in [-0.39, 0.29) is 5.75 Å². The Kier molecular flexibility index (Phi) is 6.58. The summed E-state index contributed by atoms with van der Waals surface area (Å²) in [5, 5.41) is 10.0. The van der Waals surface area contributed by atoms with Gasteiger partial charge >= 0.3 is 0 Å². The van der Waals surface area contributed by atoms with E-state index in [4.69, 9.17) is 4.74 Å². The number of methoxy groups -OCH3 is 1. The van der Waals surface area contributed by atoms with Crippen LogP contribution in [0.3, 0.4) is 0 Å². The summed E-state index contributed by atoms with van der Waals surface area (Å²) in [6.07, 6.45) is 3.21. The first-order valence-corrected chi connectivity index (χ1v) is 6.80. The maximum absolute atomic E-state index is 10.0. The highest BCUT2D eigenvalue weighted by Gasteiger charge is 2.09. The van der Waals surface area contributed by atoms with Crippen molar-refractivity contribution < 1.29 is 9.84 Å². The Morgan fingerprint density at radius 2 is 1.78 bits per heavy atom. The first kappa shape index (κ1) is 14.8. The fourth-order valence-electron chi connectivity index (χ4n) is 2.18. The number of para-hydroxylation sites is 1. The number of phenolic OH excluding ortho intramolecular Hbond substituents is 1. The van der Waals surface area contributed by atoms with Crippen molar-refractivity contribution in [3.05, 3.63) is 23.8 Å². The maximum atomic E-state index is 10.0. The third-order valence-electron chi connectivity index (χ3n) is 3.08. The van der Waals surface area contributed by atoms with Crippen molar-refractivity contribution in [2.24, 2.45) is 0 Å². The Labute approximate surface area is 110 Å². The summed E-state index contributed by atoms with van der Waals surface area (Å²) >= 11 is 0. The summed E-state index contributed by atoms with van der Waals surface area (Å²) in [4.78, 5) is 2.44. The summed E-state index contributed by atoms with van der Waals surface area (Å²) in [6.45, 7) is 7.64. The van der Waals surface area contributed by atoms with Crippen LogP contribution >= 0.6 is 0 Å². The molecule has 0 spiro atoms. The number of phenols is 1. The average Bonchev–Trinajstić information content (AvgIpc) is 2.38. The van der Waals surface area contributed by atoms with E-state index in [0.29, 0.717) is 5.75 Å². The minimum atomic E-state index is 0.285. The van der Waals surface area contributed by atoms with Gasteiger partial charge in [0.25, 0.3) is 0 Å². The molecular formula is C15H25NO2. The second-order valence-electron chi connectivity index (χ2n) is 4.56. The van der Waals surface area contributed by atoms with Gasteiger partial charge in [0.1, 0.15) is 0 Å². The SMILES string of the molecule is CCCN(CCC)CCc1cccc(OC)c1O. The molecule has 0 heterocycles. The summed E-state index contributed by atoms with van der Waals surface area (Å²) in [5.74, 6) is 0.845. The van der Waals surface area contributed by atoms with Gasteiger partial charge in [0.2, 0.25) is 0 Å². The molecule has 18 heavy (non-hydrogen) atoms. The van der Waals surface area contributed by atoms with Gasteiger partial charge in [-0.15, -0.1) is 0 Å². The zero-order valence-electron chi connectivity index (χ0n) is 11.8. The molecule has 0 aliphatic carbocycles. The Balaban J connectivity index is 2.61. The predicted octanol–water partition coefficient (Wildman–Crippen LogP) is 3.07. The number of nitrogens with zero attached hydrogens (tertiary/aromatic N) is 1. The standard InChI is InChI=1S/C15H25NO2/c1-4-10-16(11-5-2)12-9-13-7-6-8-14(18-3)15(13)17/h6-8,17H,4-5,9-12H2,1-3H3. The van der Waals surface area contributed by atoms with Gasteiger partial charge in [-0.3, -0.25) is 0 Å². The third kappa shape index (κ3) is 4.22. The van der Waals surface area contributed by atoms with E-state index in [9.17, 15) is 5.11 Å². The molecular weight excluding hydrogens is 226 g/mol. The van der Waals surface area contributed by atoms with Crippen LogP contribution in [0.25, 0.3) is 0 Å². The second kappa shape index (κ2) is 7.98. The minimum absolute atomic E-state index is 0.285. The first-order chi connectivity index (χ1) is 8.72. The molecule has 0 amide bonds. The molecule has 0 aromatic heterocycles. The highest BCUT2D eigenvalue weighted by atomic mass is 16.5. The molecule has 0 fully saturated rings. The number of aromatic hydroxyl groups is 1. The van der Waals surface area contributed by atoms with Crippen molar-refractivity contribution in [3.8, 4) is 11.5 Å². The predicted molar refractivity (Wildman–Crippen MR) is 75.4 cm³/mol. The molecule has 0 saturated heterocycles. The molecule has 0 atom stereocenters. The topological polar surface area (TPSA) is 32.7 Å². The molecule has 0 aliphatic heterocycles. The van der Waals surface area contributed by atoms with Crippen LogP contribution in [0, 0.1) is 0 Å². The van der Waals surface area contributed by atoms with Crippen LogP contribution in [-0.4, -0.2) is 36.8 Å². The average molecular weight is 251 g/mol. The quantitative estimate of drug-likeness (QED) is 0.770. The lowest BCUT2D eigenvalue weighted by Crippen LogP contribution is -2.27. The number of rotatable bonds is 8. The molecule has 0 unspecified atom stereocenters. The smallest absolute Gasteiger partial charge is 0.160 e. The highest BCUT2D eigenvalue weighted by Crippen LogP contribution is 2.29. The maximum Gasteiger partial charge on any atom is 0.160 e. The molecule has 102 valence electrons. The Morgan fingerprint density at radius 3 is 2.33 bits per heavy atom. The second-order valence-corrected chi connectivity index (χ2v) is 4.56. The van der Waals surface area contributed by atoms with E-state index in [0.717, 1.165) is 31.6 Å². The van der Waals surface area contributed by atoms with Gasteiger partial charge in [0.05, 0.1) is 7.11 Å². The van der Waals surface area contributed by atoms with E-state index in [1.54, 1.807) is 13.2 Å². The first-order valence-electron chi connectivity index (χ1n) is 6.80. The van der Waals surface area contributed by atoms with Crippen molar-refractivity contribution >= 4 is 0 Å². The molecule has 3 heteroatoms. The van der Waals surface area contributed by atoms with Crippen molar-refractivity contribution in [2.45, 2.75) is 33.1 Å². The minimum Gasteiger partial charge on any atom is -0.504 e.